The molecule has 0 saturated carbocycles. The fourth-order valence-corrected chi connectivity index (χ4v) is 2.27. The van der Waals surface area contributed by atoms with Crippen LogP contribution in [0.2, 0.25) is 0 Å². The Bertz CT molecular complexity index is 528. The maximum absolute atomic E-state index is 13.1. The summed E-state index contributed by atoms with van der Waals surface area (Å²) in [5.74, 6) is -2.50. The van der Waals surface area contributed by atoms with Crippen molar-refractivity contribution in [3.05, 3.63) is 28.0 Å². The SMILES string of the molecule is O=C(O)c1cc(S(=O)(=O)Cl)c(F)cc1Br. The van der Waals surface area contributed by atoms with Gasteiger partial charge in [-0.3, -0.25) is 0 Å². The van der Waals surface area contributed by atoms with Crippen LogP contribution in [0, 0.1) is 5.82 Å². The van der Waals surface area contributed by atoms with Gasteiger partial charge in [-0.2, -0.15) is 0 Å². The molecular formula is C7H3BrClFO4S. The van der Waals surface area contributed by atoms with E-state index in [2.05, 4.69) is 15.9 Å². The summed E-state index contributed by atoms with van der Waals surface area (Å²) in [5, 5.41) is 8.66. The van der Waals surface area contributed by atoms with Crippen LogP contribution in [0.1, 0.15) is 10.4 Å². The topological polar surface area (TPSA) is 71.4 Å². The molecule has 0 fully saturated rings. The lowest BCUT2D eigenvalue weighted by molar-refractivity contribution is 0.0695. The average molecular weight is 318 g/mol. The first-order chi connectivity index (χ1) is 6.73. The Kier molecular flexibility index (Phi) is 3.37. The summed E-state index contributed by atoms with van der Waals surface area (Å²) >= 11 is 2.79. The zero-order chi connectivity index (χ0) is 11.8. The van der Waals surface area contributed by atoms with E-state index in [1.165, 1.54) is 0 Å². The molecule has 1 aromatic rings. The van der Waals surface area contributed by atoms with E-state index in [0.29, 0.717) is 6.07 Å². The number of hydrogen-bond acceptors (Lipinski definition) is 3. The Morgan fingerprint density at radius 1 is 1.47 bits per heavy atom. The van der Waals surface area contributed by atoms with Gasteiger partial charge in [-0.1, -0.05) is 0 Å². The molecule has 0 aliphatic rings. The Labute approximate surface area is 97.2 Å². The fraction of sp³-hybridized carbons (Fsp3) is 0. The molecule has 0 radical (unpaired) electrons. The molecule has 0 aliphatic heterocycles. The van der Waals surface area contributed by atoms with Crippen molar-refractivity contribution < 1.29 is 22.7 Å². The van der Waals surface area contributed by atoms with E-state index in [-0.39, 0.29) is 10.0 Å². The van der Waals surface area contributed by atoms with Gasteiger partial charge in [0.2, 0.25) is 0 Å². The van der Waals surface area contributed by atoms with Crippen molar-refractivity contribution in [3.63, 3.8) is 0 Å². The van der Waals surface area contributed by atoms with Crippen molar-refractivity contribution in [3.8, 4) is 0 Å². The first-order valence-corrected chi connectivity index (χ1v) is 6.50. The molecule has 0 amide bonds. The largest absolute Gasteiger partial charge is 0.478 e. The molecule has 1 aromatic carbocycles. The molecule has 1 rings (SSSR count). The lowest BCUT2D eigenvalue weighted by Crippen LogP contribution is -2.03. The van der Waals surface area contributed by atoms with Crippen molar-refractivity contribution >= 4 is 41.6 Å². The highest BCUT2D eigenvalue weighted by Crippen LogP contribution is 2.26. The summed E-state index contributed by atoms with van der Waals surface area (Å²) in [4.78, 5) is 9.77. The van der Waals surface area contributed by atoms with Crippen LogP contribution in [0.3, 0.4) is 0 Å². The number of hydrogen-bond donors (Lipinski definition) is 1. The van der Waals surface area contributed by atoms with Gasteiger partial charge in [0.15, 0.2) is 0 Å². The Morgan fingerprint density at radius 2 is 2.00 bits per heavy atom. The van der Waals surface area contributed by atoms with Crippen LogP contribution in [-0.2, 0) is 9.05 Å². The molecule has 0 aliphatic carbocycles. The smallest absolute Gasteiger partial charge is 0.336 e. The molecule has 0 heterocycles. The normalized spacial score (nSPS) is 11.4. The minimum absolute atomic E-state index is 0.0587. The van der Waals surface area contributed by atoms with Gasteiger partial charge in [0.05, 0.1) is 5.56 Å². The Balaban J connectivity index is 3.58. The van der Waals surface area contributed by atoms with E-state index in [4.69, 9.17) is 15.8 Å². The Hall–Kier alpha value is -0.660. The van der Waals surface area contributed by atoms with E-state index < -0.39 is 25.7 Å². The van der Waals surface area contributed by atoms with E-state index in [9.17, 15) is 17.6 Å². The van der Waals surface area contributed by atoms with Crippen LogP contribution in [0.15, 0.2) is 21.5 Å². The minimum atomic E-state index is -4.29. The molecule has 0 saturated heterocycles. The predicted octanol–water partition coefficient (Wildman–Crippen LogP) is 2.21. The molecule has 0 unspecified atom stereocenters. The number of carboxylic acid groups (broad SMARTS) is 1. The summed E-state index contributed by atoms with van der Waals surface area (Å²) in [5.41, 5.74) is -0.379. The van der Waals surface area contributed by atoms with Gasteiger partial charge >= 0.3 is 5.97 Å². The molecule has 4 nitrogen and oxygen atoms in total. The Morgan fingerprint density at radius 3 is 2.40 bits per heavy atom. The quantitative estimate of drug-likeness (QED) is 0.849. The molecule has 15 heavy (non-hydrogen) atoms. The van der Waals surface area contributed by atoms with Gasteiger partial charge in [0.25, 0.3) is 9.05 Å². The summed E-state index contributed by atoms with van der Waals surface area (Å²) < 4.78 is 34.8. The van der Waals surface area contributed by atoms with E-state index in [1.807, 2.05) is 0 Å². The fourth-order valence-electron chi connectivity index (χ4n) is 0.880. The van der Waals surface area contributed by atoms with Gasteiger partial charge in [0.1, 0.15) is 10.7 Å². The molecule has 0 spiro atoms. The molecule has 1 N–H and O–H groups in total. The zero-order valence-corrected chi connectivity index (χ0v) is 10.0. The molecule has 0 atom stereocenters. The third-order valence-electron chi connectivity index (χ3n) is 1.51. The highest BCUT2D eigenvalue weighted by Gasteiger charge is 2.21. The number of halogens is 3. The number of benzene rings is 1. The lowest BCUT2D eigenvalue weighted by atomic mass is 10.2. The van der Waals surface area contributed by atoms with E-state index in [0.717, 1.165) is 6.07 Å². The van der Waals surface area contributed by atoms with Crippen LogP contribution < -0.4 is 0 Å². The molecule has 0 aromatic heterocycles. The summed E-state index contributed by atoms with van der Waals surface area (Å²) in [6.45, 7) is 0. The second-order valence-corrected chi connectivity index (χ2v) is 5.89. The monoisotopic (exact) mass is 316 g/mol. The van der Waals surface area contributed by atoms with Crippen LogP contribution in [0.25, 0.3) is 0 Å². The summed E-state index contributed by atoms with van der Waals surface area (Å²) in [6, 6.07) is 1.39. The van der Waals surface area contributed by atoms with Crippen molar-refractivity contribution in [2.24, 2.45) is 0 Å². The summed E-state index contributed by atoms with van der Waals surface area (Å²) in [7, 11) is 0.624. The first kappa shape index (κ1) is 12.4. The molecule has 8 heteroatoms. The number of carbonyl (C=O) groups is 1. The number of aromatic carboxylic acids is 1. The van der Waals surface area contributed by atoms with Crippen LogP contribution in [0.4, 0.5) is 4.39 Å². The standard InChI is InChI=1S/C7H3BrClFO4S/c8-4-2-5(10)6(15(9,13)14)1-3(4)7(11)12/h1-2H,(H,11,12). The third-order valence-corrected chi connectivity index (χ3v) is 3.51. The van der Waals surface area contributed by atoms with Gasteiger partial charge in [-0.15, -0.1) is 0 Å². The van der Waals surface area contributed by atoms with Gasteiger partial charge in [-0.25, -0.2) is 17.6 Å². The number of carboxylic acids is 1. The van der Waals surface area contributed by atoms with Crippen molar-refractivity contribution in [2.75, 3.05) is 0 Å². The molecular weight excluding hydrogens is 314 g/mol. The second kappa shape index (κ2) is 4.07. The highest BCUT2D eigenvalue weighted by atomic mass is 79.9. The maximum atomic E-state index is 13.1. The number of rotatable bonds is 2. The molecule has 0 bridgehead atoms. The van der Waals surface area contributed by atoms with Gasteiger partial charge in [-0.05, 0) is 28.1 Å². The first-order valence-electron chi connectivity index (χ1n) is 3.40. The zero-order valence-electron chi connectivity index (χ0n) is 6.87. The van der Waals surface area contributed by atoms with Crippen molar-refractivity contribution in [1.29, 1.82) is 0 Å². The third kappa shape index (κ3) is 2.67. The van der Waals surface area contributed by atoms with E-state index >= 15 is 0 Å². The maximum Gasteiger partial charge on any atom is 0.336 e. The van der Waals surface area contributed by atoms with Crippen LogP contribution in [-0.4, -0.2) is 19.5 Å². The second-order valence-electron chi connectivity index (χ2n) is 2.51. The van der Waals surface area contributed by atoms with Gasteiger partial charge < -0.3 is 5.11 Å². The van der Waals surface area contributed by atoms with Crippen molar-refractivity contribution in [1.82, 2.24) is 0 Å². The molecule has 82 valence electrons. The van der Waals surface area contributed by atoms with Crippen LogP contribution >= 0.6 is 26.6 Å². The van der Waals surface area contributed by atoms with Crippen molar-refractivity contribution in [2.45, 2.75) is 4.90 Å². The minimum Gasteiger partial charge on any atom is -0.478 e. The van der Waals surface area contributed by atoms with Gasteiger partial charge in [0, 0.05) is 15.2 Å². The predicted molar refractivity (Wildman–Crippen MR) is 54.1 cm³/mol. The average Bonchev–Trinajstić information content (AvgIpc) is 2.00. The summed E-state index contributed by atoms with van der Waals surface area (Å²) in [6.07, 6.45) is 0. The van der Waals surface area contributed by atoms with Crippen LogP contribution in [0.5, 0.6) is 0 Å². The highest BCUT2D eigenvalue weighted by molar-refractivity contribution is 9.10. The lowest BCUT2D eigenvalue weighted by Gasteiger charge is -2.03. The van der Waals surface area contributed by atoms with E-state index in [1.54, 1.807) is 0 Å².